The molecular weight excluding hydrogens is 252 g/mol. The molecule has 0 aliphatic rings. The van der Waals surface area contributed by atoms with Crippen molar-refractivity contribution in [3.8, 4) is 5.75 Å². The van der Waals surface area contributed by atoms with Crippen LogP contribution in [0.15, 0.2) is 24.3 Å². The van der Waals surface area contributed by atoms with Crippen molar-refractivity contribution in [1.82, 2.24) is 0 Å². The maximum absolute atomic E-state index is 12.0. The van der Waals surface area contributed by atoms with E-state index in [9.17, 15) is 13.6 Å². The molecule has 0 fully saturated rings. The molecule has 0 saturated heterocycles. The lowest BCUT2D eigenvalue weighted by Gasteiger charge is -2.10. The fourth-order valence-electron chi connectivity index (χ4n) is 1.09. The van der Waals surface area contributed by atoms with Gasteiger partial charge in [-0.25, -0.2) is 0 Å². The van der Waals surface area contributed by atoms with Crippen LogP contribution in [0.1, 0.15) is 6.92 Å². The summed E-state index contributed by atoms with van der Waals surface area (Å²) in [5, 5.41) is 2.56. The van der Waals surface area contributed by atoms with E-state index in [4.69, 9.17) is 11.6 Å². The number of hydrogen-bond acceptors (Lipinski definition) is 2. The zero-order valence-electron chi connectivity index (χ0n) is 9.12. The highest BCUT2D eigenvalue weighted by Crippen LogP contribution is 2.19. The Morgan fingerprint density at radius 2 is 2.24 bits per heavy atom. The van der Waals surface area contributed by atoms with Crippen LogP contribution in [-0.4, -0.2) is 18.4 Å². The Morgan fingerprint density at radius 1 is 1.53 bits per heavy atom. The molecule has 1 amide bonds. The molecule has 1 rings (SSSR count). The molecule has 0 spiro atoms. The zero-order chi connectivity index (χ0) is 12.8. The van der Waals surface area contributed by atoms with Gasteiger partial charge in [-0.15, -0.1) is 11.6 Å². The Labute approximate surface area is 103 Å². The number of anilines is 1. The lowest BCUT2D eigenvalue weighted by molar-refractivity contribution is -0.118. The number of alkyl halides is 3. The van der Waals surface area contributed by atoms with Crippen molar-refractivity contribution in [2.45, 2.75) is 13.5 Å². The van der Waals surface area contributed by atoms with E-state index in [-0.39, 0.29) is 23.5 Å². The first kappa shape index (κ1) is 13.7. The highest BCUT2D eigenvalue weighted by molar-refractivity contribution is 6.19. The Hall–Kier alpha value is -1.36. The molecule has 1 atom stereocenters. The van der Waals surface area contributed by atoms with E-state index >= 15 is 0 Å². The van der Waals surface area contributed by atoms with Crippen LogP contribution >= 0.6 is 11.6 Å². The van der Waals surface area contributed by atoms with Gasteiger partial charge in [0.05, 0.1) is 0 Å². The van der Waals surface area contributed by atoms with Gasteiger partial charge < -0.3 is 10.1 Å². The number of carbonyl (C=O) groups is 1. The lowest BCUT2D eigenvalue weighted by atomic mass is 10.2. The van der Waals surface area contributed by atoms with Gasteiger partial charge in [0.2, 0.25) is 5.91 Å². The molecule has 0 saturated carbocycles. The molecule has 0 heterocycles. The summed E-state index contributed by atoms with van der Waals surface area (Å²) in [7, 11) is 0. The summed E-state index contributed by atoms with van der Waals surface area (Å²) in [6, 6.07) is 5.80. The predicted molar refractivity (Wildman–Crippen MR) is 61.6 cm³/mol. The molecule has 94 valence electrons. The van der Waals surface area contributed by atoms with Crippen LogP contribution in [0.25, 0.3) is 0 Å². The average molecular weight is 264 g/mol. The fourth-order valence-corrected chi connectivity index (χ4v) is 1.23. The normalized spacial score (nSPS) is 12.3. The summed E-state index contributed by atoms with van der Waals surface area (Å²) in [6.07, 6.45) is 0. The van der Waals surface area contributed by atoms with Crippen LogP contribution in [-0.2, 0) is 4.79 Å². The van der Waals surface area contributed by atoms with Crippen LogP contribution in [0.2, 0.25) is 0 Å². The molecular formula is C11H12ClF2NO2. The Bertz CT molecular complexity index is 387. The maximum atomic E-state index is 12.0. The second-order valence-electron chi connectivity index (χ2n) is 3.45. The molecule has 0 bridgehead atoms. The number of carbonyl (C=O) groups excluding carboxylic acids is 1. The minimum Gasteiger partial charge on any atom is -0.435 e. The van der Waals surface area contributed by atoms with E-state index in [1.807, 2.05) is 0 Å². The average Bonchev–Trinajstić information content (AvgIpc) is 2.27. The second-order valence-corrected chi connectivity index (χ2v) is 3.76. The van der Waals surface area contributed by atoms with Gasteiger partial charge in [0.1, 0.15) is 5.75 Å². The molecule has 0 aliphatic heterocycles. The first-order valence-corrected chi connectivity index (χ1v) is 5.48. The van der Waals surface area contributed by atoms with Crippen LogP contribution in [0, 0.1) is 5.92 Å². The van der Waals surface area contributed by atoms with E-state index in [0.29, 0.717) is 5.69 Å². The van der Waals surface area contributed by atoms with Crippen molar-refractivity contribution in [2.24, 2.45) is 5.92 Å². The van der Waals surface area contributed by atoms with Crippen molar-refractivity contribution in [3.63, 3.8) is 0 Å². The standard InChI is InChI=1S/C11H12ClF2NO2/c1-7(6-12)10(16)15-8-3-2-4-9(5-8)17-11(13)14/h2-5,7,11H,6H2,1H3,(H,15,16). The van der Waals surface area contributed by atoms with E-state index in [0.717, 1.165) is 0 Å². The van der Waals surface area contributed by atoms with Crippen LogP contribution in [0.4, 0.5) is 14.5 Å². The topological polar surface area (TPSA) is 38.3 Å². The highest BCUT2D eigenvalue weighted by atomic mass is 35.5. The van der Waals surface area contributed by atoms with Crippen molar-refractivity contribution >= 4 is 23.2 Å². The fraction of sp³-hybridized carbons (Fsp3) is 0.364. The smallest absolute Gasteiger partial charge is 0.387 e. The van der Waals surface area contributed by atoms with E-state index in [2.05, 4.69) is 10.1 Å². The molecule has 3 nitrogen and oxygen atoms in total. The molecule has 1 aromatic rings. The molecule has 6 heteroatoms. The van der Waals surface area contributed by atoms with Crippen molar-refractivity contribution < 1.29 is 18.3 Å². The minimum absolute atomic E-state index is 0.00340. The Kier molecular flexibility index (Phi) is 5.15. The summed E-state index contributed by atoms with van der Waals surface area (Å²) in [5.41, 5.74) is 0.394. The third-order valence-electron chi connectivity index (χ3n) is 2.01. The van der Waals surface area contributed by atoms with E-state index in [1.165, 1.54) is 18.2 Å². The Morgan fingerprint density at radius 3 is 2.82 bits per heavy atom. The summed E-state index contributed by atoms with van der Waals surface area (Å²) in [4.78, 5) is 11.5. The first-order valence-electron chi connectivity index (χ1n) is 4.94. The van der Waals surface area contributed by atoms with E-state index < -0.39 is 6.61 Å². The predicted octanol–water partition coefficient (Wildman–Crippen LogP) is 3.10. The number of benzene rings is 1. The van der Waals surface area contributed by atoms with Gasteiger partial charge in [0.25, 0.3) is 0 Å². The molecule has 0 aliphatic carbocycles. The summed E-state index contributed by atoms with van der Waals surface area (Å²) >= 11 is 5.53. The highest BCUT2D eigenvalue weighted by Gasteiger charge is 2.12. The van der Waals surface area contributed by atoms with Gasteiger partial charge in [0, 0.05) is 23.6 Å². The van der Waals surface area contributed by atoms with E-state index in [1.54, 1.807) is 13.0 Å². The SMILES string of the molecule is CC(CCl)C(=O)Nc1cccc(OC(F)F)c1. The number of halogens is 3. The van der Waals surface area contributed by atoms with Crippen molar-refractivity contribution in [3.05, 3.63) is 24.3 Å². The van der Waals surface area contributed by atoms with Crippen LogP contribution < -0.4 is 10.1 Å². The van der Waals surface area contributed by atoms with Gasteiger partial charge in [-0.2, -0.15) is 8.78 Å². The van der Waals surface area contributed by atoms with Crippen LogP contribution in [0.3, 0.4) is 0 Å². The number of amides is 1. The quantitative estimate of drug-likeness (QED) is 0.829. The lowest BCUT2D eigenvalue weighted by Crippen LogP contribution is -2.21. The van der Waals surface area contributed by atoms with Gasteiger partial charge in [-0.05, 0) is 12.1 Å². The molecule has 1 aromatic carbocycles. The third kappa shape index (κ3) is 4.56. The van der Waals surface area contributed by atoms with Crippen molar-refractivity contribution in [1.29, 1.82) is 0 Å². The molecule has 17 heavy (non-hydrogen) atoms. The van der Waals surface area contributed by atoms with Gasteiger partial charge >= 0.3 is 6.61 Å². The van der Waals surface area contributed by atoms with Crippen LogP contribution in [0.5, 0.6) is 5.75 Å². The summed E-state index contributed by atoms with van der Waals surface area (Å²) < 4.78 is 28.2. The second kappa shape index (κ2) is 6.39. The largest absolute Gasteiger partial charge is 0.435 e. The maximum Gasteiger partial charge on any atom is 0.387 e. The van der Waals surface area contributed by atoms with Gasteiger partial charge in [-0.3, -0.25) is 4.79 Å². The molecule has 1 N–H and O–H groups in total. The monoisotopic (exact) mass is 263 g/mol. The number of hydrogen-bond donors (Lipinski definition) is 1. The number of ether oxygens (including phenoxy) is 1. The summed E-state index contributed by atoms with van der Waals surface area (Å²) in [6.45, 7) is -1.22. The summed E-state index contributed by atoms with van der Waals surface area (Å²) in [5.74, 6) is -0.430. The molecule has 1 unspecified atom stereocenters. The van der Waals surface area contributed by atoms with Gasteiger partial charge in [-0.1, -0.05) is 13.0 Å². The van der Waals surface area contributed by atoms with Gasteiger partial charge in [0.15, 0.2) is 0 Å². The number of rotatable bonds is 5. The number of nitrogens with one attached hydrogen (secondary N) is 1. The molecule has 0 aromatic heterocycles. The van der Waals surface area contributed by atoms with Crippen molar-refractivity contribution in [2.75, 3.05) is 11.2 Å². The Balaban J connectivity index is 2.68. The first-order chi connectivity index (χ1) is 8.02. The zero-order valence-corrected chi connectivity index (χ0v) is 9.88. The third-order valence-corrected chi connectivity index (χ3v) is 2.47. The molecule has 0 radical (unpaired) electrons. The minimum atomic E-state index is -2.89.